The third kappa shape index (κ3) is 3.19. The number of rotatable bonds is 4. The van der Waals surface area contributed by atoms with Crippen LogP contribution >= 0.6 is 0 Å². The van der Waals surface area contributed by atoms with Crippen molar-refractivity contribution >= 4 is 0 Å². The van der Waals surface area contributed by atoms with Crippen LogP contribution in [0.2, 0.25) is 0 Å². The molecule has 0 bridgehead atoms. The quantitative estimate of drug-likeness (QED) is 0.781. The number of ether oxygens (including phenoxy) is 1. The topological polar surface area (TPSA) is 75.7 Å². The molecule has 1 aromatic rings. The fraction of sp³-hybridized carbons (Fsp3) is 0.600. The molecule has 19 heavy (non-hydrogen) atoms. The summed E-state index contributed by atoms with van der Waals surface area (Å²) in [5.74, 6) is 0.910. The Morgan fingerprint density at radius 3 is 2.53 bits per heavy atom. The van der Waals surface area contributed by atoms with E-state index in [1.54, 1.807) is 19.2 Å². The Hall–Kier alpha value is -1.26. The first-order chi connectivity index (χ1) is 9.13. The molecule has 1 aromatic carbocycles. The Morgan fingerprint density at radius 2 is 1.95 bits per heavy atom. The first-order valence-electron chi connectivity index (χ1n) is 6.94. The van der Waals surface area contributed by atoms with E-state index in [1.807, 2.05) is 0 Å². The fourth-order valence-electron chi connectivity index (χ4n) is 2.89. The summed E-state index contributed by atoms with van der Waals surface area (Å²) in [6.07, 6.45) is 5.00. The van der Waals surface area contributed by atoms with E-state index >= 15 is 0 Å². The maximum Gasteiger partial charge on any atom is 0.124 e. The van der Waals surface area contributed by atoms with Gasteiger partial charge in [-0.2, -0.15) is 0 Å². The third-order valence-corrected chi connectivity index (χ3v) is 4.10. The van der Waals surface area contributed by atoms with Crippen LogP contribution in [-0.4, -0.2) is 23.4 Å². The maximum absolute atomic E-state index is 10.4. The average molecular weight is 265 g/mol. The van der Waals surface area contributed by atoms with Crippen molar-refractivity contribution in [2.45, 2.75) is 44.2 Å². The lowest BCUT2D eigenvalue weighted by atomic mass is 9.81. The van der Waals surface area contributed by atoms with Crippen molar-refractivity contribution in [3.05, 3.63) is 23.8 Å². The Labute approximate surface area is 114 Å². The lowest BCUT2D eigenvalue weighted by Gasteiger charge is -2.30. The van der Waals surface area contributed by atoms with Gasteiger partial charge in [-0.25, -0.2) is 0 Å². The minimum absolute atomic E-state index is 0.0849. The van der Waals surface area contributed by atoms with Gasteiger partial charge in [0.1, 0.15) is 11.5 Å². The molecule has 0 unspecified atom stereocenters. The molecule has 2 atom stereocenters. The van der Waals surface area contributed by atoms with Crippen molar-refractivity contribution in [3.63, 3.8) is 0 Å². The number of hydrogen-bond donors (Lipinski definition) is 3. The van der Waals surface area contributed by atoms with Crippen LogP contribution in [0, 0.1) is 5.92 Å². The summed E-state index contributed by atoms with van der Waals surface area (Å²) in [5, 5.41) is 20.3. The fourth-order valence-corrected chi connectivity index (χ4v) is 2.89. The van der Waals surface area contributed by atoms with Crippen LogP contribution in [-0.2, 0) is 0 Å². The number of nitrogens with two attached hydrogens (primary N) is 1. The van der Waals surface area contributed by atoms with Gasteiger partial charge >= 0.3 is 0 Å². The second-order valence-electron chi connectivity index (χ2n) is 5.34. The standard InChI is InChI=1S/C15H23NO3/c1-19-11-7-8-12(13(17)9-11)14(16)15(18)10-5-3-2-4-6-10/h7-10,14-15,17-18H,2-6,16H2,1H3/t14-,15+/m1/s1. The van der Waals surface area contributed by atoms with E-state index in [0.717, 1.165) is 25.7 Å². The van der Waals surface area contributed by atoms with Crippen molar-refractivity contribution in [2.75, 3.05) is 7.11 Å². The van der Waals surface area contributed by atoms with Gasteiger partial charge in [-0.05, 0) is 30.9 Å². The molecule has 0 heterocycles. The van der Waals surface area contributed by atoms with Crippen molar-refractivity contribution in [1.29, 1.82) is 0 Å². The summed E-state index contributed by atoms with van der Waals surface area (Å²) < 4.78 is 5.04. The van der Waals surface area contributed by atoms with Crippen LogP contribution in [0.4, 0.5) is 0 Å². The van der Waals surface area contributed by atoms with Crippen molar-refractivity contribution in [3.8, 4) is 11.5 Å². The Bertz CT molecular complexity index is 416. The molecule has 0 aromatic heterocycles. The zero-order chi connectivity index (χ0) is 13.8. The normalized spacial score (nSPS) is 19.9. The number of phenolic OH excluding ortho intramolecular Hbond substituents is 1. The monoisotopic (exact) mass is 265 g/mol. The second kappa shape index (κ2) is 6.26. The van der Waals surface area contributed by atoms with E-state index in [-0.39, 0.29) is 11.7 Å². The maximum atomic E-state index is 10.4. The largest absolute Gasteiger partial charge is 0.507 e. The van der Waals surface area contributed by atoms with Gasteiger partial charge in [0.2, 0.25) is 0 Å². The number of aromatic hydroxyl groups is 1. The highest BCUT2D eigenvalue weighted by molar-refractivity contribution is 5.41. The summed E-state index contributed by atoms with van der Waals surface area (Å²) in [7, 11) is 1.55. The number of benzene rings is 1. The third-order valence-electron chi connectivity index (χ3n) is 4.10. The van der Waals surface area contributed by atoms with Gasteiger partial charge in [0.25, 0.3) is 0 Å². The van der Waals surface area contributed by atoms with Crippen LogP contribution in [0.5, 0.6) is 11.5 Å². The second-order valence-corrected chi connectivity index (χ2v) is 5.34. The van der Waals surface area contributed by atoms with E-state index in [2.05, 4.69) is 0 Å². The minimum atomic E-state index is -0.598. The van der Waals surface area contributed by atoms with Gasteiger partial charge in [-0.15, -0.1) is 0 Å². The summed E-state index contributed by atoms with van der Waals surface area (Å²) in [6, 6.07) is 4.46. The predicted octanol–water partition coefficient (Wildman–Crippen LogP) is 2.34. The van der Waals surface area contributed by atoms with Crippen LogP contribution < -0.4 is 10.5 Å². The molecule has 4 nitrogen and oxygen atoms in total. The molecule has 0 spiro atoms. The minimum Gasteiger partial charge on any atom is -0.507 e. The zero-order valence-electron chi connectivity index (χ0n) is 11.4. The Balaban J connectivity index is 2.11. The smallest absolute Gasteiger partial charge is 0.124 e. The number of aliphatic hydroxyl groups excluding tert-OH is 1. The molecular formula is C15H23NO3. The Kier molecular flexibility index (Phi) is 4.66. The first kappa shape index (κ1) is 14.2. The zero-order valence-corrected chi connectivity index (χ0v) is 11.4. The predicted molar refractivity (Wildman–Crippen MR) is 74.2 cm³/mol. The molecular weight excluding hydrogens is 242 g/mol. The molecule has 106 valence electrons. The van der Waals surface area contributed by atoms with Crippen molar-refractivity contribution in [2.24, 2.45) is 11.7 Å². The summed E-state index contributed by atoms with van der Waals surface area (Å²) >= 11 is 0. The molecule has 1 aliphatic rings. The average Bonchev–Trinajstić information content (AvgIpc) is 2.46. The summed E-state index contributed by atoms with van der Waals surface area (Å²) in [6.45, 7) is 0. The molecule has 0 aliphatic heterocycles. The molecule has 1 fully saturated rings. The van der Waals surface area contributed by atoms with Crippen LogP contribution in [0.25, 0.3) is 0 Å². The number of hydrogen-bond acceptors (Lipinski definition) is 4. The molecule has 2 rings (SSSR count). The van der Waals surface area contributed by atoms with E-state index in [4.69, 9.17) is 10.5 Å². The van der Waals surface area contributed by atoms with Gasteiger partial charge in [-0.1, -0.05) is 19.3 Å². The molecule has 4 N–H and O–H groups in total. The van der Waals surface area contributed by atoms with Crippen LogP contribution in [0.3, 0.4) is 0 Å². The number of methoxy groups -OCH3 is 1. The van der Waals surface area contributed by atoms with Gasteiger partial charge in [0.05, 0.1) is 19.3 Å². The molecule has 0 amide bonds. The van der Waals surface area contributed by atoms with Gasteiger partial charge in [0.15, 0.2) is 0 Å². The molecule has 1 aliphatic carbocycles. The van der Waals surface area contributed by atoms with Crippen LogP contribution in [0.1, 0.15) is 43.7 Å². The summed E-state index contributed by atoms with van der Waals surface area (Å²) in [4.78, 5) is 0. The van der Waals surface area contributed by atoms with Crippen molar-refractivity contribution < 1.29 is 14.9 Å². The SMILES string of the molecule is COc1ccc([C@@H](N)[C@@H](O)C2CCCCC2)c(O)c1. The highest BCUT2D eigenvalue weighted by atomic mass is 16.5. The lowest BCUT2D eigenvalue weighted by Crippen LogP contribution is -2.34. The molecule has 4 heteroatoms. The molecule has 0 radical (unpaired) electrons. The van der Waals surface area contributed by atoms with Gasteiger partial charge in [0, 0.05) is 11.6 Å². The number of aliphatic hydroxyl groups is 1. The van der Waals surface area contributed by atoms with Gasteiger partial charge < -0.3 is 20.7 Å². The lowest BCUT2D eigenvalue weighted by molar-refractivity contribution is 0.0611. The Morgan fingerprint density at radius 1 is 1.26 bits per heavy atom. The molecule has 0 saturated heterocycles. The van der Waals surface area contributed by atoms with E-state index in [1.165, 1.54) is 12.5 Å². The van der Waals surface area contributed by atoms with Gasteiger partial charge in [-0.3, -0.25) is 0 Å². The molecule has 1 saturated carbocycles. The summed E-state index contributed by atoms with van der Waals surface area (Å²) in [5.41, 5.74) is 6.69. The number of phenols is 1. The highest BCUT2D eigenvalue weighted by Gasteiger charge is 2.29. The first-order valence-corrected chi connectivity index (χ1v) is 6.94. The van der Waals surface area contributed by atoms with E-state index < -0.39 is 12.1 Å². The van der Waals surface area contributed by atoms with E-state index in [0.29, 0.717) is 11.3 Å². The highest BCUT2D eigenvalue weighted by Crippen LogP contribution is 2.35. The van der Waals surface area contributed by atoms with Crippen molar-refractivity contribution in [1.82, 2.24) is 0 Å². The van der Waals surface area contributed by atoms with E-state index in [9.17, 15) is 10.2 Å². The van der Waals surface area contributed by atoms with Crippen LogP contribution in [0.15, 0.2) is 18.2 Å².